The molecule has 162 valence electrons. The Labute approximate surface area is 191 Å². The van der Waals surface area contributed by atoms with E-state index in [0.717, 1.165) is 33.9 Å². The van der Waals surface area contributed by atoms with Crippen molar-refractivity contribution < 1.29 is 9.59 Å². The van der Waals surface area contributed by atoms with Gasteiger partial charge in [-0.3, -0.25) is 9.59 Å². The van der Waals surface area contributed by atoms with E-state index < -0.39 is 0 Å². The highest BCUT2D eigenvalue weighted by atomic mass is 32.1. The van der Waals surface area contributed by atoms with Gasteiger partial charge in [-0.1, -0.05) is 43.7 Å². The number of likely N-dealkylation sites (tertiary alicyclic amines) is 1. The summed E-state index contributed by atoms with van der Waals surface area (Å²) in [5.74, 6) is -0.0193. The molecule has 0 bridgehead atoms. The van der Waals surface area contributed by atoms with Gasteiger partial charge in [-0.05, 0) is 43.2 Å². The molecular weight excluding hydrogens is 426 g/mol. The minimum absolute atomic E-state index is 0.00168. The Morgan fingerprint density at radius 2 is 1.90 bits per heavy atom. The Morgan fingerprint density at radius 3 is 2.55 bits per heavy atom. The number of thiazole rings is 1. The standard InChI is InChI=1S/C24H27N3O2S2/c1-3-5-17-7-9-18(10-8-17)21-16(2)31-24(25-21)26-22(28)19-11-13-27(14-12-19)23(29)20-6-4-15-30-20/h4,6-10,15,19H,3,5,11-14H2,1-2H3,(H,25,26,28). The van der Waals surface area contributed by atoms with Gasteiger partial charge < -0.3 is 10.2 Å². The summed E-state index contributed by atoms with van der Waals surface area (Å²) in [6.45, 7) is 5.44. The number of nitrogens with one attached hydrogen (secondary N) is 1. The molecule has 5 nitrogen and oxygen atoms in total. The molecule has 0 atom stereocenters. The van der Waals surface area contributed by atoms with Crippen LogP contribution in [0.3, 0.4) is 0 Å². The predicted molar refractivity (Wildman–Crippen MR) is 128 cm³/mol. The van der Waals surface area contributed by atoms with Gasteiger partial charge in [0, 0.05) is 29.4 Å². The zero-order chi connectivity index (χ0) is 21.8. The van der Waals surface area contributed by atoms with Crippen LogP contribution in [-0.2, 0) is 11.2 Å². The van der Waals surface area contributed by atoms with Crippen LogP contribution in [0, 0.1) is 12.8 Å². The molecule has 1 aromatic carbocycles. The zero-order valence-electron chi connectivity index (χ0n) is 17.9. The maximum Gasteiger partial charge on any atom is 0.263 e. The van der Waals surface area contributed by atoms with Crippen molar-refractivity contribution in [1.29, 1.82) is 0 Å². The lowest BCUT2D eigenvalue weighted by Gasteiger charge is -2.30. The normalized spacial score (nSPS) is 14.6. The van der Waals surface area contributed by atoms with E-state index in [1.54, 1.807) is 0 Å². The van der Waals surface area contributed by atoms with Crippen molar-refractivity contribution in [3.05, 3.63) is 57.1 Å². The molecule has 1 saturated heterocycles. The monoisotopic (exact) mass is 453 g/mol. The van der Waals surface area contributed by atoms with Crippen LogP contribution in [0.25, 0.3) is 11.3 Å². The maximum atomic E-state index is 12.8. The number of amides is 2. The number of aromatic nitrogens is 1. The molecule has 3 aromatic rings. The van der Waals surface area contributed by atoms with Crippen LogP contribution in [0.5, 0.6) is 0 Å². The number of rotatable bonds is 6. The zero-order valence-corrected chi connectivity index (χ0v) is 19.5. The molecule has 1 aliphatic rings. The van der Waals surface area contributed by atoms with E-state index in [0.29, 0.717) is 31.1 Å². The average Bonchev–Trinajstić information content (AvgIpc) is 3.44. The van der Waals surface area contributed by atoms with Gasteiger partial charge in [0.25, 0.3) is 5.91 Å². The molecule has 3 heterocycles. The fraction of sp³-hybridized carbons (Fsp3) is 0.375. The average molecular weight is 454 g/mol. The molecule has 2 aromatic heterocycles. The topological polar surface area (TPSA) is 62.3 Å². The van der Waals surface area contributed by atoms with E-state index in [2.05, 4.69) is 36.5 Å². The number of thiophene rings is 1. The molecule has 2 amide bonds. The Kier molecular flexibility index (Phi) is 6.83. The molecule has 1 N–H and O–H groups in total. The summed E-state index contributed by atoms with van der Waals surface area (Å²) in [4.78, 5) is 33.7. The van der Waals surface area contributed by atoms with Gasteiger partial charge >= 0.3 is 0 Å². The van der Waals surface area contributed by atoms with E-state index in [1.165, 1.54) is 28.2 Å². The van der Waals surface area contributed by atoms with E-state index in [4.69, 9.17) is 4.98 Å². The van der Waals surface area contributed by atoms with Crippen molar-refractivity contribution in [1.82, 2.24) is 9.88 Å². The third-order valence-electron chi connectivity index (χ3n) is 5.68. The minimum Gasteiger partial charge on any atom is -0.338 e. The SMILES string of the molecule is CCCc1ccc(-c2nc(NC(=O)C3CCN(C(=O)c4cccs4)CC3)sc2C)cc1. The molecule has 0 saturated carbocycles. The summed E-state index contributed by atoms with van der Waals surface area (Å²) in [7, 11) is 0. The Bertz CT molecular complexity index is 1030. The number of benzene rings is 1. The molecule has 31 heavy (non-hydrogen) atoms. The number of hydrogen-bond acceptors (Lipinski definition) is 5. The van der Waals surface area contributed by atoms with E-state index in [-0.39, 0.29) is 17.7 Å². The molecule has 0 spiro atoms. The van der Waals surface area contributed by atoms with Crippen molar-refractivity contribution in [2.24, 2.45) is 5.92 Å². The summed E-state index contributed by atoms with van der Waals surface area (Å²) in [6, 6.07) is 12.3. The van der Waals surface area contributed by atoms with Crippen LogP contribution in [0.15, 0.2) is 41.8 Å². The van der Waals surface area contributed by atoms with Gasteiger partial charge in [0.15, 0.2) is 5.13 Å². The number of nitrogens with zero attached hydrogens (tertiary/aromatic N) is 2. The van der Waals surface area contributed by atoms with Crippen LogP contribution in [0.1, 0.15) is 46.3 Å². The summed E-state index contributed by atoms with van der Waals surface area (Å²) >= 11 is 2.97. The Morgan fingerprint density at radius 1 is 1.16 bits per heavy atom. The van der Waals surface area contributed by atoms with Gasteiger partial charge in [-0.15, -0.1) is 22.7 Å². The molecular formula is C24H27N3O2S2. The molecule has 0 aliphatic carbocycles. The first-order valence-corrected chi connectivity index (χ1v) is 12.4. The van der Waals surface area contributed by atoms with Crippen molar-refractivity contribution in [2.45, 2.75) is 39.5 Å². The van der Waals surface area contributed by atoms with E-state index >= 15 is 0 Å². The van der Waals surface area contributed by atoms with Crippen molar-refractivity contribution in [3.63, 3.8) is 0 Å². The van der Waals surface area contributed by atoms with Crippen LogP contribution in [-0.4, -0.2) is 34.8 Å². The van der Waals surface area contributed by atoms with E-state index in [1.807, 2.05) is 29.3 Å². The highest BCUT2D eigenvalue weighted by molar-refractivity contribution is 7.16. The lowest BCUT2D eigenvalue weighted by Crippen LogP contribution is -2.41. The molecule has 1 aliphatic heterocycles. The van der Waals surface area contributed by atoms with Gasteiger partial charge in [-0.2, -0.15) is 0 Å². The third-order valence-corrected chi connectivity index (χ3v) is 7.42. The first kappa shape index (κ1) is 21.7. The number of anilines is 1. The molecule has 0 radical (unpaired) electrons. The Hall–Kier alpha value is -2.51. The van der Waals surface area contributed by atoms with Crippen LogP contribution in [0.4, 0.5) is 5.13 Å². The van der Waals surface area contributed by atoms with E-state index in [9.17, 15) is 9.59 Å². The van der Waals surface area contributed by atoms with Crippen molar-refractivity contribution in [3.8, 4) is 11.3 Å². The minimum atomic E-state index is -0.0895. The lowest BCUT2D eigenvalue weighted by molar-refractivity contribution is -0.121. The second kappa shape index (κ2) is 9.75. The largest absolute Gasteiger partial charge is 0.338 e. The van der Waals surface area contributed by atoms with Crippen LogP contribution < -0.4 is 5.32 Å². The fourth-order valence-electron chi connectivity index (χ4n) is 3.94. The number of carbonyl (C=O) groups excluding carboxylic acids is 2. The Balaban J connectivity index is 1.35. The summed E-state index contributed by atoms with van der Waals surface area (Å²) < 4.78 is 0. The maximum absolute atomic E-state index is 12.8. The lowest BCUT2D eigenvalue weighted by atomic mass is 9.96. The first-order valence-electron chi connectivity index (χ1n) is 10.8. The fourth-order valence-corrected chi connectivity index (χ4v) is 5.47. The van der Waals surface area contributed by atoms with Gasteiger partial charge in [0.2, 0.25) is 5.91 Å². The predicted octanol–water partition coefficient (Wildman–Crippen LogP) is 5.62. The first-order chi connectivity index (χ1) is 15.0. The quantitative estimate of drug-likeness (QED) is 0.527. The van der Waals surface area contributed by atoms with Crippen LogP contribution in [0.2, 0.25) is 0 Å². The highest BCUT2D eigenvalue weighted by Gasteiger charge is 2.28. The van der Waals surface area contributed by atoms with Crippen LogP contribution >= 0.6 is 22.7 Å². The highest BCUT2D eigenvalue weighted by Crippen LogP contribution is 2.31. The number of aryl methyl sites for hydroxylation is 2. The summed E-state index contributed by atoms with van der Waals surface area (Å²) in [5, 5.41) is 5.57. The number of piperidine rings is 1. The smallest absolute Gasteiger partial charge is 0.263 e. The summed E-state index contributed by atoms with van der Waals surface area (Å²) in [6.07, 6.45) is 3.57. The summed E-state index contributed by atoms with van der Waals surface area (Å²) in [5.41, 5.74) is 3.34. The molecule has 1 fully saturated rings. The molecule has 0 unspecified atom stereocenters. The van der Waals surface area contributed by atoms with Gasteiger partial charge in [0.05, 0.1) is 10.6 Å². The number of carbonyl (C=O) groups is 2. The second-order valence-electron chi connectivity index (χ2n) is 7.90. The number of hydrogen-bond donors (Lipinski definition) is 1. The van der Waals surface area contributed by atoms with Crippen molar-refractivity contribution >= 4 is 39.6 Å². The second-order valence-corrected chi connectivity index (χ2v) is 10.1. The van der Waals surface area contributed by atoms with Gasteiger partial charge in [-0.25, -0.2) is 4.98 Å². The van der Waals surface area contributed by atoms with Gasteiger partial charge in [0.1, 0.15) is 0 Å². The molecule has 4 rings (SSSR count). The van der Waals surface area contributed by atoms with Crippen molar-refractivity contribution in [2.75, 3.05) is 18.4 Å². The molecule has 7 heteroatoms. The third kappa shape index (κ3) is 5.05.